The second-order valence-corrected chi connectivity index (χ2v) is 5.70. The molecule has 5 heteroatoms. The Bertz CT molecular complexity index is 681. The van der Waals surface area contributed by atoms with Crippen molar-refractivity contribution < 1.29 is 4.79 Å². The second kappa shape index (κ2) is 5.33. The predicted octanol–water partition coefficient (Wildman–Crippen LogP) is 2.39. The Labute approximate surface area is 124 Å². The smallest absolute Gasteiger partial charge is 0.256 e. The van der Waals surface area contributed by atoms with Crippen molar-refractivity contribution in [3.63, 3.8) is 0 Å². The molecule has 0 saturated heterocycles. The number of nitrogen functional groups attached to an aromatic ring is 1. The van der Waals surface area contributed by atoms with Crippen LogP contribution in [0.5, 0.6) is 0 Å². The van der Waals surface area contributed by atoms with Gasteiger partial charge in [0.2, 0.25) is 0 Å². The van der Waals surface area contributed by atoms with Crippen LogP contribution in [0.1, 0.15) is 30.1 Å². The van der Waals surface area contributed by atoms with E-state index >= 15 is 0 Å². The minimum absolute atomic E-state index is 0.0154. The first-order chi connectivity index (χ1) is 10.1. The first-order valence-corrected chi connectivity index (χ1v) is 7.25. The van der Waals surface area contributed by atoms with Crippen LogP contribution in [-0.2, 0) is 0 Å². The lowest BCUT2D eigenvalue weighted by Crippen LogP contribution is -2.36. The van der Waals surface area contributed by atoms with Crippen molar-refractivity contribution in [3.8, 4) is 0 Å². The van der Waals surface area contributed by atoms with E-state index in [0.717, 1.165) is 10.8 Å². The fourth-order valence-corrected chi connectivity index (χ4v) is 2.75. The van der Waals surface area contributed by atoms with Gasteiger partial charge in [-0.25, -0.2) is 10.8 Å². The Morgan fingerprint density at radius 3 is 2.67 bits per heavy atom. The molecule has 110 valence electrons. The average Bonchev–Trinajstić information content (AvgIpc) is 3.36. The van der Waals surface area contributed by atoms with Gasteiger partial charge in [-0.05, 0) is 31.1 Å². The average molecular weight is 284 g/mol. The van der Waals surface area contributed by atoms with Crippen LogP contribution >= 0.6 is 0 Å². The number of hydrazine groups is 1. The SMILES string of the molecule is CC(C1CC1)N(C)C(=O)c1cnc(NN)c2ccccc12. The summed E-state index contributed by atoms with van der Waals surface area (Å²) in [6.45, 7) is 2.11. The highest BCUT2D eigenvalue weighted by atomic mass is 16.2. The van der Waals surface area contributed by atoms with Crippen LogP contribution in [0.2, 0.25) is 0 Å². The molecule has 5 nitrogen and oxygen atoms in total. The Morgan fingerprint density at radius 2 is 2.05 bits per heavy atom. The summed E-state index contributed by atoms with van der Waals surface area (Å²) in [5.41, 5.74) is 3.20. The van der Waals surface area contributed by atoms with Gasteiger partial charge in [-0.1, -0.05) is 24.3 Å². The summed E-state index contributed by atoms with van der Waals surface area (Å²) in [6.07, 6.45) is 4.04. The van der Waals surface area contributed by atoms with Gasteiger partial charge >= 0.3 is 0 Å². The number of carbonyl (C=O) groups excluding carboxylic acids is 1. The van der Waals surface area contributed by atoms with Gasteiger partial charge in [-0.3, -0.25) is 4.79 Å². The number of fused-ring (bicyclic) bond motifs is 1. The molecule has 1 unspecified atom stereocenters. The molecular formula is C16H20N4O. The summed E-state index contributed by atoms with van der Waals surface area (Å²) in [5.74, 6) is 6.73. The molecule has 1 heterocycles. The number of amides is 1. The van der Waals surface area contributed by atoms with Crippen molar-refractivity contribution >= 4 is 22.5 Å². The molecule has 1 amide bonds. The van der Waals surface area contributed by atoms with Gasteiger partial charge in [0.05, 0.1) is 5.56 Å². The van der Waals surface area contributed by atoms with Crippen LogP contribution in [0.3, 0.4) is 0 Å². The maximum absolute atomic E-state index is 12.8. The summed E-state index contributed by atoms with van der Waals surface area (Å²) in [5, 5.41) is 1.73. The van der Waals surface area contributed by atoms with E-state index < -0.39 is 0 Å². The maximum Gasteiger partial charge on any atom is 0.256 e. The molecular weight excluding hydrogens is 264 g/mol. The molecule has 1 atom stereocenters. The van der Waals surface area contributed by atoms with Gasteiger partial charge in [-0.2, -0.15) is 0 Å². The van der Waals surface area contributed by atoms with E-state index in [2.05, 4.69) is 17.3 Å². The van der Waals surface area contributed by atoms with E-state index in [-0.39, 0.29) is 11.9 Å². The van der Waals surface area contributed by atoms with Crippen LogP contribution in [0, 0.1) is 5.92 Å². The highest BCUT2D eigenvalue weighted by Gasteiger charge is 2.33. The monoisotopic (exact) mass is 284 g/mol. The zero-order valence-electron chi connectivity index (χ0n) is 12.3. The first-order valence-electron chi connectivity index (χ1n) is 7.25. The van der Waals surface area contributed by atoms with E-state index in [1.807, 2.05) is 36.2 Å². The molecule has 0 bridgehead atoms. The van der Waals surface area contributed by atoms with E-state index in [9.17, 15) is 4.79 Å². The zero-order chi connectivity index (χ0) is 15.0. The maximum atomic E-state index is 12.8. The van der Waals surface area contributed by atoms with E-state index in [4.69, 9.17) is 5.84 Å². The largest absolute Gasteiger partial charge is 0.339 e. The molecule has 1 aromatic carbocycles. The van der Waals surface area contributed by atoms with Gasteiger partial charge in [0.25, 0.3) is 5.91 Å². The molecule has 0 radical (unpaired) electrons. The Hall–Kier alpha value is -2.14. The molecule has 3 rings (SSSR count). The lowest BCUT2D eigenvalue weighted by molar-refractivity contribution is 0.0729. The number of nitrogens with one attached hydrogen (secondary N) is 1. The number of rotatable bonds is 4. The fraction of sp³-hybridized carbons (Fsp3) is 0.375. The number of nitrogens with two attached hydrogens (primary N) is 1. The Balaban J connectivity index is 2.02. The third kappa shape index (κ3) is 2.45. The summed E-state index contributed by atoms with van der Waals surface area (Å²) in [4.78, 5) is 18.9. The number of hydrogen-bond acceptors (Lipinski definition) is 4. The topological polar surface area (TPSA) is 71.2 Å². The molecule has 2 aromatic rings. The number of benzene rings is 1. The van der Waals surface area contributed by atoms with Crippen molar-refractivity contribution in [2.24, 2.45) is 11.8 Å². The minimum atomic E-state index is 0.0154. The lowest BCUT2D eigenvalue weighted by atomic mass is 10.0. The van der Waals surface area contributed by atoms with Crippen molar-refractivity contribution in [2.45, 2.75) is 25.8 Å². The van der Waals surface area contributed by atoms with Gasteiger partial charge < -0.3 is 10.3 Å². The van der Waals surface area contributed by atoms with Gasteiger partial charge in [-0.15, -0.1) is 0 Å². The highest BCUT2D eigenvalue weighted by molar-refractivity contribution is 6.09. The Morgan fingerprint density at radius 1 is 1.38 bits per heavy atom. The zero-order valence-corrected chi connectivity index (χ0v) is 12.3. The summed E-state index contributed by atoms with van der Waals surface area (Å²) in [7, 11) is 1.87. The molecule has 3 N–H and O–H groups in total. The fourth-order valence-electron chi connectivity index (χ4n) is 2.75. The first kappa shape index (κ1) is 13.8. The van der Waals surface area contributed by atoms with Gasteiger partial charge in [0.1, 0.15) is 5.82 Å². The number of hydrogen-bond donors (Lipinski definition) is 2. The number of anilines is 1. The third-order valence-corrected chi connectivity index (χ3v) is 4.40. The molecule has 1 saturated carbocycles. The lowest BCUT2D eigenvalue weighted by Gasteiger charge is -2.25. The standard InChI is InChI=1S/C16H20N4O/c1-10(11-7-8-11)20(2)16(21)14-9-18-15(19-17)13-6-4-3-5-12(13)14/h3-6,9-11H,7-8,17H2,1-2H3,(H,18,19). The van der Waals surface area contributed by atoms with E-state index in [1.165, 1.54) is 12.8 Å². The number of carbonyl (C=O) groups is 1. The predicted molar refractivity (Wildman–Crippen MR) is 83.8 cm³/mol. The molecule has 1 aliphatic carbocycles. The van der Waals surface area contributed by atoms with Crippen LogP contribution in [0.4, 0.5) is 5.82 Å². The van der Waals surface area contributed by atoms with E-state index in [1.54, 1.807) is 6.20 Å². The summed E-state index contributed by atoms with van der Waals surface area (Å²) < 4.78 is 0. The van der Waals surface area contributed by atoms with Crippen LogP contribution in [-0.4, -0.2) is 28.9 Å². The molecule has 0 spiro atoms. The van der Waals surface area contributed by atoms with Crippen LogP contribution < -0.4 is 11.3 Å². The van der Waals surface area contributed by atoms with E-state index in [0.29, 0.717) is 17.3 Å². The number of aromatic nitrogens is 1. The molecule has 1 fully saturated rings. The number of nitrogens with zero attached hydrogens (tertiary/aromatic N) is 2. The normalized spacial score (nSPS) is 15.8. The molecule has 21 heavy (non-hydrogen) atoms. The summed E-state index contributed by atoms with van der Waals surface area (Å²) in [6, 6.07) is 7.95. The molecule has 1 aromatic heterocycles. The van der Waals surface area contributed by atoms with Gasteiger partial charge in [0.15, 0.2) is 0 Å². The van der Waals surface area contributed by atoms with Crippen molar-refractivity contribution in [1.82, 2.24) is 9.88 Å². The van der Waals surface area contributed by atoms with Crippen molar-refractivity contribution in [3.05, 3.63) is 36.0 Å². The van der Waals surface area contributed by atoms with Crippen LogP contribution in [0.25, 0.3) is 10.8 Å². The quantitative estimate of drug-likeness (QED) is 0.668. The minimum Gasteiger partial charge on any atom is -0.339 e. The second-order valence-electron chi connectivity index (χ2n) is 5.70. The van der Waals surface area contributed by atoms with Crippen LogP contribution in [0.15, 0.2) is 30.5 Å². The highest BCUT2D eigenvalue weighted by Crippen LogP contribution is 2.35. The summed E-state index contributed by atoms with van der Waals surface area (Å²) >= 11 is 0. The number of pyridine rings is 1. The third-order valence-electron chi connectivity index (χ3n) is 4.40. The van der Waals surface area contributed by atoms with Crippen molar-refractivity contribution in [2.75, 3.05) is 12.5 Å². The Kier molecular flexibility index (Phi) is 3.51. The van der Waals surface area contributed by atoms with Crippen molar-refractivity contribution in [1.29, 1.82) is 0 Å². The van der Waals surface area contributed by atoms with Gasteiger partial charge in [0, 0.05) is 24.7 Å². The molecule has 1 aliphatic rings. The molecule has 0 aliphatic heterocycles.